The maximum Gasteiger partial charge on any atom is 0.306 e. The van der Waals surface area contributed by atoms with Gasteiger partial charge in [-0.05, 0) is 37.8 Å². The van der Waals surface area contributed by atoms with E-state index < -0.39 is 5.97 Å². The van der Waals surface area contributed by atoms with Crippen molar-refractivity contribution in [2.24, 2.45) is 18.9 Å². The predicted molar refractivity (Wildman–Crippen MR) is 71.0 cm³/mol. The second kappa shape index (κ2) is 5.47. The van der Waals surface area contributed by atoms with Gasteiger partial charge in [-0.1, -0.05) is 6.42 Å². The number of carbonyl (C=O) groups excluding carboxylic acids is 1. The monoisotopic (exact) mass is 264 g/mol. The van der Waals surface area contributed by atoms with E-state index >= 15 is 0 Å². The topological polar surface area (TPSA) is 71.3 Å². The van der Waals surface area contributed by atoms with E-state index in [1.54, 1.807) is 6.07 Å². The van der Waals surface area contributed by atoms with Crippen LogP contribution in [-0.4, -0.2) is 28.1 Å². The van der Waals surface area contributed by atoms with Gasteiger partial charge in [0.05, 0.1) is 5.92 Å². The molecule has 2 unspecified atom stereocenters. The van der Waals surface area contributed by atoms with E-state index in [4.69, 9.17) is 5.11 Å². The fourth-order valence-electron chi connectivity index (χ4n) is 2.76. The van der Waals surface area contributed by atoms with Crippen LogP contribution in [0.15, 0.2) is 12.1 Å². The van der Waals surface area contributed by atoms with Crippen molar-refractivity contribution in [3.05, 3.63) is 23.5 Å². The van der Waals surface area contributed by atoms with Gasteiger partial charge in [0.15, 0.2) is 0 Å². The van der Waals surface area contributed by atoms with E-state index in [1.807, 2.05) is 24.6 Å². The number of nitrogens with zero attached hydrogens (tertiary/aromatic N) is 1. The van der Waals surface area contributed by atoms with Gasteiger partial charge in [0.25, 0.3) is 5.91 Å². The van der Waals surface area contributed by atoms with Crippen LogP contribution in [-0.2, 0) is 11.8 Å². The Morgan fingerprint density at radius 3 is 2.74 bits per heavy atom. The third-order valence-corrected chi connectivity index (χ3v) is 4.11. The van der Waals surface area contributed by atoms with Crippen molar-refractivity contribution in [1.29, 1.82) is 0 Å². The molecular weight excluding hydrogens is 244 g/mol. The molecule has 2 rings (SSSR count). The lowest BCUT2D eigenvalue weighted by Crippen LogP contribution is -2.33. The molecule has 0 bridgehead atoms. The molecule has 5 nitrogen and oxygen atoms in total. The summed E-state index contributed by atoms with van der Waals surface area (Å²) in [6.07, 6.45) is 2.53. The van der Waals surface area contributed by atoms with Gasteiger partial charge in [-0.2, -0.15) is 0 Å². The first-order valence-electron chi connectivity index (χ1n) is 6.64. The SMILES string of the molecule is Cc1ccc(C(=O)NCC2CCCC2C(=O)O)n1C. The van der Waals surface area contributed by atoms with E-state index in [-0.39, 0.29) is 17.7 Å². The van der Waals surface area contributed by atoms with E-state index in [2.05, 4.69) is 5.32 Å². The highest BCUT2D eigenvalue weighted by Gasteiger charge is 2.32. The summed E-state index contributed by atoms with van der Waals surface area (Å²) in [7, 11) is 1.85. The van der Waals surface area contributed by atoms with Crippen LogP contribution in [0.3, 0.4) is 0 Å². The summed E-state index contributed by atoms with van der Waals surface area (Å²) >= 11 is 0. The molecule has 0 saturated heterocycles. The van der Waals surface area contributed by atoms with Crippen LogP contribution in [0.1, 0.15) is 35.4 Å². The molecule has 1 amide bonds. The highest BCUT2D eigenvalue weighted by molar-refractivity contribution is 5.92. The number of aromatic nitrogens is 1. The van der Waals surface area contributed by atoms with Gasteiger partial charge in [0.1, 0.15) is 5.69 Å². The molecule has 0 aromatic carbocycles. The van der Waals surface area contributed by atoms with Crippen LogP contribution in [0.5, 0.6) is 0 Å². The predicted octanol–water partition coefficient (Wildman–Crippen LogP) is 1.56. The Kier molecular flexibility index (Phi) is 3.93. The van der Waals surface area contributed by atoms with Gasteiger partial charge >= 0.3 is 5.97 Å². The average Bonchev–Trinajstić information content (AvgIpc) is 2.95. The molecule has 5 heteroatoms. The molecule has 1 aliphatic carbocycles. The van der Waals surface area contributed by atoms with Crippen LogP contribution in [0.4, 0.5) is 0 Å². The lowest BCUT2D eigenvalue weighted by Gasteiger charge is -2.16. The summed E-state index contributed by atoms with van der Waals surface area (Å²) < 4.78 is 1.83. The van der Waals surface area contributed by atoms with Crippen molar-refractivity contribution in [1.82, 2.24) is 9.88 Å². The molecule has 1 aromatic heterocycles. The number of nitrogens with one attached hydrogen (secondary N) is 1. The molecule has 104 valence electrons. The number of aliphatic carboxylic acids is 1. The molecule has 1 fully saturated rings. The molecule has 1 aliphatic rings. The molecule has 0 radical (unpaired) electrons. The summed E-state index contributed by atoms with van der Waals surface area (Å²) in [6, 6.07) is 3.68. The normalized spacial score (nSPS) is 22.4. The Morgan fingerprint density at radius 1 is 1.42 bits per heavy atom. The number of amides is 1. The van der Waals surface area contributed by atoms with Crippen molar-refractivity contribution >= 4 is 11.9 Å². The number of carboxylic acid groups (broad SMARTS) is 1. The minimum absolute atomic E-state index is 0.0582. The quantitative estimate of drug-likeness (QED) is 0.867. The molecule has 19 heavy (non-hydrogen) atoms. The van der Waals surface area contributed by atoms with Crippen LogP contribution in [0, 0.1) is 18.8 Å². The fraction of sp³-hybridized carbons (Fsp3) is 0.571. The van der Waals surface area contributed by atoms with Crippen molar-refractivity contribution in [2.75, 3.05) is 6.54 Å². The minimum Gasteiger partial charge on any atom is -0.481 e. The first kappa shape index (κ1) is 13.6. The van der Waals surface area contributed by atoms with Crippen molar-refractivity contribution < 1.29 is 14.7 Å². The molecule has 0 aliphatic heterocycles. The minimum atomic E-state index is -0.744. The summed E-state index contributed by atoms with van der Waals surface area (Å²) in [5.74, 6) is -1.13. The molecule has 0 spiro atoms. The Labute approximate surface area is 112 Å². The summed E-state index contributed by atoms with van der Waals surface area (Å²) in [4.78, 5) is 23.1. The first-order chi connectivity index (χ1) is 9.00. The Balaban J connectivity index is 1.94. The number of hydrogen-bond donors (Lipinski definition) is 2. The van der Waals surface area contributed by atoms with E-state index in [0.717, 1.165) is 25.0 Å². The molecule has 1 aromatic rings. The number of hydrogen-bond acceptors (Lipinski definition) is 2. The lowest BCUT2D eigenvalue weighted by molar-refractivity contribution is -0.142. The fourth-order valence-corrected chi connectivity index (χ4v) is 2.76. The average molecular weight is 264 g/mol. The maximum absolute atomic E-state index is 12.0. The zero-order chi connectivity index (χ0) is 14.0. The first-order valence-corrected chi connectivity index (χ1v) is 6.64. The number of aryl methyl sites for hydroxylation is 1. The summed E-state index contributed by atoms with van der Waals surface area (Å²) in [5.41, 5.74) is 1.64. The van der Waals surface area contributed by atoms with Crippen LogP contribution in [0.25, 0.3) is 0 Å². The Morgan fingerprint density at radius 2 is 2.16 bits per heavy atom. The smallest absolute Gasteiger partial charge is 0.306 e. The standard InChI is InChI=1S/C14H20N2O3/c1-9-6-7-12(16(9)2)13(17)15-8-10-4-3-5-11(10)14(18)19/h6-7,10-11H,3-5,8H2,1-2H3,(H,15,17)(H,18,19). The molecule has 1 saturated carbocycles. The van der Waals surface area contributed by atoms with Gasteiger partial charge in [-0.3, -0.25) is 9.59 Å². The Hall–Kier alpha value is -1.78. The second-order valence-corrected chi connectivity index (χ2v) is 5.26. The van der Waals surface area contributed by atoms with Crippen molar-refractivity contribution in [3.63, 3.8) is 0 Å². The van der Waals surface area contributed by atoms with Crippen LogP contribution >= 0.6 is 0 Å². The van der Waals surface area contributed by atoms with Gasteiger partial charge in [0.2, 0.25) is 0 Å². The molecule has 2 atom stereocenters. The van der Waals surface area contributed by atoms with E-state index in [1.165, 1.54) is 0 Å². The number of carbonyl (C=O) groups is 2. The molecule has 2 N–H and O–H groups in total. The number of rotatable bonds is 4. The highest BCUT2D eigenvalue weighted by Crippen LogP contribution is 2.31. The largest absolute Gasteiger partial charge is 0.481 e. The summed E-state index contributed by atoms with van der Waals surface area (Å²) in [6.45, 7) is 2.38. The van der Waals surface area contributed by atoms with Gasteiger partial charge < -0.3 is 15.0 Å². The van der Waals surface area contributed by atoms with Gasteiger partial charge in [-0.25, -0.2) is 0 Å². The second-order valence-electron chi connectivity index (χ2n) is 5.26. The Bertz CT molecular complexity index is 493. The molecular formula is C14H20N2O3. The van der Waals surface area contributed by atoms with Gasteiger partial charge in [-0.15, -0.1) is 0 Å². The zero-order valence-corrected chi connectivity index (χ0v) is 11.3. The van der Waals surface area contributed by atoms with E-state index in [0.29, 0.717) is 12.2 Å². The summed E-state index contributed by atoms with van der Waals surface area (Å²) in [5, 5.41) is 12.0. The van der Waals surface area contributed by atoms with Crippen molar-refractivity contribution in [2.45, 2.75) is 26.2 Å². The van der Waals surface area contributed by atoms with E-state index in [9.17, 15) is 9.59 Å². The third-order valence-electron chi connectivity index (χ3n) is 4.11. The van der Waals surface area contributed by atoms with Crippen LogP contribution < -0.4 is 5.32 Å². The highest BCUT2D eigenvalue weighted by atomic mass is 16.4. The zero-order valence-electron chi connectivity index (χ0n) is 11.3. The molecule has 1 heterocycles. The lowest BCUT2D eigenvalue weighted by atomic mass is 9.96. The van der Waals surface area contributed by atoms with Gasteiger partial charge in [0, 0.05) is 19.3 Å². The third kappa shape index (κ3) is 2.80. The van der Waals surface area contributed by atoms with Crippen molar-refractivity contribution in [3.8, 4) is 0 Å². The maximum atomic E-state index is 12.0. The van der Waals surface area contributed by atoms with Crippen LogP contribution in [0.2, 0.25) is 0 Å². The number of carboxylic acids is 1.